The third-order valence-corrected chi connectivity index (χ3v) is 7.70. The van der Waals surface area contributed by atoms with E-state index in [9.17, 15) is 18.0 Å². The minimum atomic E-state index is -3.74. The summed E-state index contributed by atoms with van der Waals surface area (Å²) in [6.45, 7) is 8.14. The molecule has 0 radical (unpaired) electrons. The fraction of sp³-hybridized carbons (Fsp3) is 0.417. The smallest absolute Gasteiger partial charge is 0.338 e. The van der Waals surface area contributed by atoms with Crippen molar-refractivity contribution in [2.45, 2.75) is 39.0 Å². The summed E-state index contributed by atoms with van der Waals surface area (Å²) in [7, 11) is -3.74. The topological polar surface area (TPSA) is 92.8 Å². The molecule has 1 amide bonds. The maximum absolute atomic E-state index is 13.1. The van der Waals surface area contributed by atoms with Crippen LogP contribution >= 0.6 is 11.6 Å². The van der Waals surface area contributed by atoms with Gasteiger partial charge in [0.15, 0.2) is 6.61 Å². The molecule has 2 unspecified atom stereocenters. The zero-order valence-corrected chi connectivity index (χ0v) is 20.8. The molecule has 2 aromatic rings. The number of esters is 1. The number of amides is 1. The number of ether oxygens (including phenoxy) is 1. The second-order valence-electron chi connectivity index (χ2n) is 8.86. The SMILES string of the molecule is Cc1cc(C)c(NC(=O)COC(=O)c2cccc(S(=O)(=O)N3CC(C)CC(C)C3)c2)c(Cl)c1. The summed E-state index contributed by atoms with van der Waals surface area (Å²) in [5.41, 5.74) is 2.28. The molecular formula is C24H29ClN2O5S. The molecule has 33 heavy (non-hydrogen) atoms. The number of carbonyl (C=O) groups excluding carboxylic acids is 2. The third-order valence-electron chi connectivity index (χ3n) is 5.57. The van der Waals surface area contributed by atoms with E-state index in [4.69, 9.17) is 16.3 Å². The lowest BCUT2D eigenvalue weighted by Gasteiger charge is -2.34. The molecule has 7 nitrogen and oxygen atoms in total. The van der Waals surface area contributed by atoms with Gasteiger partial charge in [0.2, 0.25) is 10.0 Å². The first-order valence-corrected chi connectivity index (χ1v) is 12.6. The van der Waals surface area contributed by atoms with Crippen molar-refractivity contribution in [1.82, 2.24) is 4.31 Å². The van der Waals surface area contributed by atoms with Crippen LogP contribution in [0.2, 0.25) is 5.02 Å². The number of rotatable bonds is 6. The quantitative estimate of drug-likeness (QED) is 0.602. The molecule has 0 bridgehead atoms. The Balaban J connectivity index is 1.67. The van der Waals surface area contributed by atoms with E-state index in [0.29, 0.717) is 23.8 Å². The number of halogens is 1. The first-order chi connectivity index (χ1) is 15.5. The van der Waals surface area contributed by atoms with Crippen LogP contribution in [-0.2, 0) is 19.6 Å². The molecule has 0 aliphatic carbocycles. The molecule has 1 aliphatic heterocycles. The Hall–Kier alpha value is -2.42. The van der Waals surface area contributed by atoms with E-state index in [1.54, 1.807) is 6.07 Å². The van der Waals surface area contributed by atoms with Gasteiger partial charge in [-0.3, -0.25) is 4.79 Å². The van der Waals surface area contributed by atoms with E-state index in [-0.39, 0.29) is 22.3 Å². The van der Waals surface area contributed by atoms with Gasteiger partial charge in [0.05, 0.1) is 21.2 Å². The van der Waals surface area contributed by atoms with Gasteiger partial charge in [-0.05, 0) is 67.5 Å². The normalized spacial score (nSPS) is 19.2. The Kier molecular flexibility index (Phi) is 7.82. The van der Waals surface area contributed by atoms with E-state index in [0.717, 1.165) is 17.5 Å². The molecule has 3 rings (SSSR count). The van der Waals surface area contributed by atoms with Crippen molar-refractivity contribution in [2.24, 2.45) is 11.8 Å². The van der Waals surface area contributed by atoms with Crippen molar-refractivity contribution in [3.05, 3.63) is 58.1 Å². The minimum absolute atomic E-state index is 0.0322. The summed E-state index contributed by atoms with van der Waals surface area (Å²) in [6.07, 6.45) is 0.980. The van der Waals surface area contributed by atoms with Crippen molar-refractivity contribution in [3.8, 4) is 0 Å². The van der Waals surface area contributed by atoms with Crippen LogP contribution in [0.5, 0.6) is 0 Å². The fourth-order valence-electron chi connectivity index (χ4n) is 4.20. The molecule has 178 valence electrons. The maximum Gasteiger partial charge on any atom is 0.338 e. The van der Waals surface area contributed by atoms with Crippen molar-refractivity contribution in [3.63, 3.8) is 0 Å². The van der Waals surface area contributed by atoms with Gasteiger partial charge in [-0.2, -0.15) is 4.31 Å². The molecule has 9 heteroatoms. The van der Waals surface area contributed by atoms with Gasteiger partial charge < -0.3 is 10.1 Å². The lowest BCUT2D eigenvalue weighted by Crippen LogP contribution is -2.42. The number of sulfonamides is 1. The zero-order valence-electron chi connectivity index (χ0n) is 19.2. The third kappa shape index (κ3) is 6.13. The first-order valence-electron chi connectivity index (χ1n) is 10.8. The lowest BCUT2D eigenvalue weighted by molar-refractivity contribution is -0.119. The number of hydrogen-bond acceptors (Lipinski definition) is 5. The highest BCUT2D eigenvalue weighted by molar-refractivity contribution is 7.89. The van der Waals surface area contributed by atoms with Gasteiger partial charge in [-0.25, -0.2) is 13.2 Å². The van der Waals surface area contributed by atoms with Gasteiger partial charge >= 0.3 is 5.97 Å². The number of anilines is 1. The van der Waals surface area contributed by atoms with Crippen LogP contribution in [0.15, 0.2) is 41.3 Å². The van der Waals surface area contributed by atoms with Crippen molar-refractivity contribution >= 4 is 39.2 Å². The van der Waals surface area contributed by atoms with Gasteiger partial charge in [0.25, 0.3) is 5.91 Å². The highest BCUT2D eigenvalue weighted by Crippen LogP contribution is 2.28. The van der Waals surface area contributed by atoms with Crippen LogP contribution in [0, 0.1) is 25.7 Å². The van der Waals surface area contributed by atoms with Crippen LogP contribution in [0.1, 0.15) is 41.8 Å². The molecule has 0 aromatic heterocycles. The summed E-state index contributed by atoms with van der Waals surface area (Å²) in [4.78, 5) is 24.8. The predicted octanol–water partition coefficient (Wildman–Crippen LogP) is 4.42. The molecule has 2 aromatic carbocycles. The van der Waals surface area contributed by atoms with Crippen LogP contribution < -0.4 is 5.32 Å². The molecule has 1 fully saturated rings. The van der Waals surface area contributed by atoms with E-state index < -0.39 is 28.5 Å². The predicted molar refractivity (Wildman–Crippen MR) is 128 cm³/mol. The number of nitrogens with zero attached hydrogens (tertiary/aromatic N) is 1. The average molecular weight is 493 g/mol. The highest BCUT2D eigenvalue weighted by atomic mass is 35.5. The maximum atomic E-state index is 13.1. The zero-order chi connectivity index (χ0) is 24.3. The molecule has 1 saturated heterocycles. The van der Waals surface area contributed by atoms with Crippen molar-refractivity contribution in [2.75, 3.05) is 25.0 Å². The standard InChI is InChI=1S/C24H29ClN2O5S/c1-15-9-18(4)23(21(25)10-15)26-22(28)14-32-24(29)19-6-5-7-20(11-19)33(30,31)27-12-16(2)8-17(3)13-27/h5-7,9-11,16-17H,8,12-14H2,1-4H3,(H,26,28). The summed E-state index contributed by atoms with van der Waals surface area (Å²) in [5.74, 6) is -0.798. The number of aryl methyl sites for hydroxylation is 2. The van der Waals surface area contributed by atoms with Crippen LogP contribution in [0.25, 0.3) is 0 Å². The Bertz CT molecular complexity index is 1130. The second kappa shape index (κ2) is 10.2. The number of benzene rings is 2. The number of piperidine rings is 1. The van der Waals surface area contributed by atoms with Crippen LogP contribution in [0.3, 0.4) is 0 Å². The molecule has 2 atom stereocenters. The fourth-order valence-corrected chi connectivity index (χ4v) is 6.29. The Morgan fingerprint density at radius 1 is 1.12 bits per heavy atom. The number of nitrogens with one attached hydrogen (secondary N) is 1. The van der Waals surface area contributed by atoms with Crippen molar-refractivity contribution in [1.29, 1.82) is 0 Å². The van der Waals surface area contributed by atoms with E-state index >= 15 is 0 Å². The second-order valence-corrected chi connectivity index (χ2v) is 11.2. The molecule has 1 aliphatic rings. The summed E-state index contributed by atoms with van der Waals surface area (Å²) >= 11 is 6.20. The summed E-state index contributed by atoms with van der Waals surface area (Å²) in [5, 5.41) is 3.04. The minimum Gasteiger partial charge on any atom is -0.452 e. The summed E-state index contributed by atoms with van der Waals surface area (Å²) < 4.78 is 32.8. The monoisotopic (exact) mass is 492 g/mol. The van der Waals surface area contributed by atoms with Crippen LogP contribution in [-0.4, -0.2) is 44.3 Å². The molecule has 1 N–H and O–H groups in total. The van der Waals surface area contributed by atoms with Gasteiger partial charge in [-0.15, -0.1) is 0 Å². The van der Waals surface area contributed by atoms with Gasteiger partial charge in [0, 0.05) is 13.1 Å². The molecular weight excluding hydrogens is 464 g/mol. The van der Waals surface area contributed by atoms with Crippen molar-refractivity contribution < 1.29 is 22.7 Å². The molecule has 0 saturated carbocycles. The van der Waals surface area contributed by atoms with E-state index in [1.807, 2.05) is 33.8 Å². The van der Waals surface area contributed by atoms with E-state index in [1.165, 1.54) is 28.6 Å². The van der Waals surface area contributed by atoms with Gasteiger partial charge in [0.1, 0.15) is 0 Å². The Morgan fingerprint density at radius 2 is 1.79 bits per heavy atom. The van der Waals surface area contributed by atoms with E-state index in [2.05, 4.69) is 5.32 Å². The highest BCUT2D eigenvalue weighted by Gasteiger charge is 2.32. The number of carbonyl (C=O) groups is 2. The van der Waals surface area contributed by atoms with Crippen LogP contribution in [0.4, 0.5) is 5.69 Å². The Morgan fingerprint density at radius 3 is 2.42 bits per heavy atom. The summed E-state index contributed by atoms with van der Waals surface area (Å²) in [6, 6.07) is 9.32. The average Bonchev–Trinajstić information content (AvgIpc) is 2.74. The molecule has 1 heterocycles. The van der Waals surface area contributed by atoms with Gasteiger partial charge in [-0.1, -0.05) is 37.6 Å². The molecule has 0 spiro atoms. The Labute approximate surface area is 200 Å². The first kappa shape index (κ1) is 25.2. The number of hydrogen-bond donors (Lipinski definition) is 1. The lowest BCUT2D eigenvalue weighted by atomic mass is 9.94. The largest absolute Gasteiger partial charge is 0.452 e.